The Balaban J connectivity index is 2.07. The Morgan fingerprint density at radius 1 is 1.08 bits per heavy atom. The van der Waals surface area contributed by atoms with Crippen molar-refractivity contribution in [3.63, 3.8) is 0 Å². The van der Waals surface area contributed by atoms with E-state index < -0.39 is 5.79 Å². The van der Waals surface area contributed by atoms with Crippen molar-refractivity contribution >= 4 is 46.1 Å². The summed E-state index contributed by atoms with van der Waals surface area (Å²) < 4.78 is 12.2. The van der Waals surface area contributed by atoms with Crippen LogP contribution in [0.25, 0.3) is 6.08 Å². The van der Waals surface area contributed by atoms with Gasteiger partial charge in [-0.3, -0.25) is 4.79 Å². The van der Waals surface area contributed by atoms with Crippen molar-refractivity contribution < 1.29 is 14.3 Å². The van der Waals surface area contributed by atoms with Crippen LogP contribution in [0, 0.1) is 0 Å². The summed E-state index contributed by atoms with van der Waals surface area (Å²) in [5, 5.41) is 0.653. The van der Waals surface area contributed by atoms with Crippen molar-refractivity contribution in [2.24, 2.45) is 0 Å². The van der Waals surface area contributed by atoms with Gasteiger partial charge in [-0.1, -0.05) is 76.7 Å². The van der Waals surface area contributed by atoms with E-state index in [-0.39, 0.29) is 5.78 Å². The zero-order chi connectivity index (χ0) is 17.0. The van der Waals surface area contributed by atoms with Crippen molar-refractivity contribution in [2.75, 3.05) is 17.6 Å². The van der Waals surface area contributed by atoms with E-state index in [1.165, 1.54) is 0 Å². The molecule has 0 N–H and O–H groups in total. The van der Waals surface area contributed by atoms with Gasteiger partial charge in [0, 0.05) is 10.6 Å². The Morgan fingerprint density at radius 3 is 2.29 bits per heavy atom. The van der Waals surface area contributed by atoms with E-state index in [4.69, 9.17) is 21.1 Å². The fourth-order valence-electron chi connectivity index (χ4n) is 2.58. The molecule has 1 aliphatic rings. The molecular formula is C19H16ClIO3. The molecule has 3 nitrogen and oxygen atoms in total. The van der Waals surface area contributed by atoms with Crippen LogP contribution in [-0.4, -0.2) is 29.2 Å². The lowest BCUT2D eigenvalue weighted by Crippen LogP contribution is -2.38. The molecule has 2 aromatic rings. The lowest BCUT2D eigenvalue weighted by molar-refractivity contribution is -0.0997. The van der Waals surface area contributed by atoms with E-state index in [0.717, 1.165) is 5.56 Å². The fraction of sp³-hybridized carbons (Fsp3) is 0.211. The van der Waals surface area contributed by atoms with E-state index >= 15 is 0 Å². The van der Waals surface area contributed by atoms with E-state index in [0.29, 0.717) is 33.8 Å². The molecular weight excluding hydrogens is 439 g/mol. The Hall–Kier alpha value is -1.21. The molecule has 3 rings (SSSR count). The highest BCUT2D eigenvalue weighted by molar-refractivity contribution is 14.1. The van der Waals surface area contributed by atoms with Gasteiger partial charge in [-0.15, -0.1) is 0 Å². The minimum absolute atomic E-state index is 0.0934. The van der Waals surface area contributed by atoms with Crippen LogP contribution in [0.3, 0.4) is 0 Å². The maximum atomic E-state index is 13.1. The lowest BCUT2D eigenvalue weighted by Gasteiger charge is -2.27. The Bertz CT molecular complexity index is 735. The monoisotopic (exact) mass is 454 g/mol. The summed E-state index contributed by atoms with van der Waals surface area (Å²) in [6.45, 7) is 0.950. The average Bonchev–Trinajstić information content (AvgIpc) is 3.11. The molecule has 2 aromatic carbocycles. The molecule has 0 aromatic heterocycles. The van der Waals surface area contributed by atoms with Gasteiger partial charge in [0.05, 0.1) is 23.2 Å². The van der Waals surface area contributed by atoms with Gasteiger partial charge < -0.3 is 9.47 Å². The molecule has 0 radical (unpaired) electrons. The first-order chi connectivity index (χ1) is 11.6. The van der Waals surface area contributed by atoms with Crippen LogP contribution in [-0.2, 0) is 9.47 Å². The molecule has 0 spiro atoms. The molecule has 1 heterocycles. The first kappa shape index (κ1) is 17.6. The van der Waals surface area contributed by atoms with Crippen LogP contribution in [0.1, 0.15) is 15.9 Å². The molecule has 124 valence electrons. The van der Waals surface area contributed by atoms with Crippen molar-refractivity contribution in [3.05, 3.63) is 76.3 Å². The average molecular weight is 455 g/mol. The van der Waals surface area contributed by atoms with Gasteiger partial charge in [0.1, 0.15) is 0 Å². The second-order valence-corrected chi connectivity index (χ2v) is 6.59. The molecule has 0 atom stereocenters. The minimum atomic E-state index is -1.01. The molecule has 1 saturated heterocycles. The zero-order valence-electron chi connectivity index (χ0n) is 12.9. The van der Waals surface area contributed by atoms with Gasteiger partial charge in [-0.2, -0.15) is 0 Å². The second-order valence-electron chi connectivity index (χ2n) is 5.39. The first-order valence-corrected chi connectivity index (χ1v) is 9.46. The van der Waals surface area contributed by atoms with Crippen molar-refractivity contribution in [3.8, 4) is 0 Å². The van der Waals surface area contributed by atoms with E-state index in [1.807, 2.05) is 36.4 Å². The number of hydrogen-bond donors (Lipinski definition) is 0. The molecule has 0 unspecified atom stereocenters. The summed E-state index contributed by atoms with van der Waals surface area (Å²) >= 11 is 8.14. The number of carbonyl (C=O) groups is 1. The standard InChI is InChI=1S/C19H16ClIO3/c20-16-8-6-14(7-9-16)12-17(19(13-21)23-10-11-24-19)18(22)15-4-2-1-3-5-15/h1-9,12H,10-11,13H2/b17-12+. The van der Waals surface area contributed by atoms with Crippen molar-refractivity contribution in [2.45, 2.75) is 5.79 Å². The smallest absolute Gasteiger partial charge is 0.208 e. The normalized spacial score (nSPS) is 17.0. The number of ketones is 1. The number of hydrogen-bond acceptors (Lipinski definition) is 3. The van der Waals surface area contributed by atoms with Crippen LogP contribution in [0.15, 0.2) is 60.2 Å². The second kappa shape index (κ2) is 7.78. The van der Waals surface area contributed by atoms with Gasteiger partial charge >= 0.3 is 0 Å². The van der Waals surface area contributed by atoms with Crippen molar-refractivity contribution in [1.82, 2.24) is 0 Å². The molecule has 0 saturated carbocycles. The minimum Gasteiger partial charge on any atom is -0.343 e. The molecule has 0 amide bonds. The number of rotatable bonds is 5. The van der Waals surface area contributed by atoms with Gasteiger partial charge in [0.15, 0.2) is 5.78 Å². The van der Waals surface area contributed by atoms with Gasteiger partial charge in [-0.25, -0.2) is 0 Å². The number of Topliss-reactive ketones (excluding diaryl/α,β-unsaturated/α-hetero) is 1. The molecule has 1 fully saturated rings. The predicted octanol–water partition coefficient (Wildman–Crippen LogP) is 4.78. The Labute approximate surface area is 159 Å². The highest BCUT2D eigenvalue weighted by Gasteiger charge is 2.43. The maximum absolute atomic E-state index is 13.1. The highest BCUT2D eigenvalue weighted by Crippen LogP contribution is 2.34. The topological polar surface area (TPSA) is 35.5 Å². The maximum Gasteiger partial charge on any atom is 0.208 e. The SMILES string of the molecule is O=C(/C(=C\c1ccc(Cl)cc1)C1(CI)OCCO1)c1ccccc1. The third-order valence-corrected chi connectivity index (χ3v) is 5.06. The number of carbonyl (C=O) groups excluding carboxylic acids is 1. The largest absolute Gasteiger partial charge is 0.343 e. The summed E-state index contributed by atoms with van der Waals surface area (Å²) in [6, 6.07) is 16.5. The highest BCUT2D eigenvalue weighted by atomic mass is 127. The zero-order valence-corrected chi connectivity index (χ0v) is 15.8. The number of ether oxygens (including phenoxy) is 2. The number of halogens is 2. The first-order valence-electron chi connectivity index (χ1n) is 7.56. The van der Waals surface area contributed by atoms with Gasteiger partial charge in [0.25, 0.3) is 0 Å². The summed E-state index contributed by atoms with van der Waals surface area (Å²) in [6.07, 6.45) is 1.83. The summed E-state index contributed by atoms with van der Waals surface area (Å²) in [5.74, 6) is -1.10. The fourth-order valence-corrected chi connectivity index (χ4v) is 3.56. The van der Waals surface area contributed by atoms with Crippen molar-refractivity contribution in [1.29, 1.82) is 0 Å². The number of alkyl halides is 1. The molecule has 5 heteroatoms. The molecule has 1 aliphatic heterocycles. The molecule has 0 aliphatic carbocycles. The summed E-state index contributed by atoms with van der Waals surface area (Å²) in [7, 11) is 0. The van der Waals surface area contributed by atoms with Crippen LogP contribution in [0.4, 0.5) is 0 Å². The van der Waals surface area contributed by atoms with E-state index in [9.17, 15) is 4.79 Å². The van der Waals surface area contributed by atoms with Crippen LogP contribution in [0.2, 0.25) is 5.02 Å². The molecule has 24 heavy (non-hydrogen) atoms. The van der Waals surface area contributed by atoms with Crippen LogP contribution >= 0.6 is 34.2 Å². The summed E-state index contributed by atoms with van der Waals surface area (Å²) in [4.78, 5) is 13.1. The van der Waals surface area contributed by atoms with Gasteiger partial charge in [0.2, 0.25) is 5.79 Å². The van der Waals surface area contributed by atoms with E-state index in [2.05, 4.69) is 22.6 Å². The summed E-state index contributed by atoms with van der Waals surface area (Å²) in [5.41, 5.74) is 1.99. The van der Waals surface area contributed by atoms with Crippen LogP contribution < -0.4 is 0 Å². The lowest BCUT2D eigenvalue weighted by atomic mass is 9.95. The van der Waals surface area contributed by atoms with E-state index in [1.54, 1.807) is 24.3 Å². The third kappa shape index (κ3) is 3.72. The van der Waals surface area contributed by atoms with Crippen LogP contribution in [0.5, 0.6) is 0 Å². The molecule has 0 bridgehead atoms. The third-order valence-electron chi connectivity index (χ3n) is 3.80. The Morgan fingerprint density at radius 2 is 1.71 bits per heavy atom. The Kier molecular flexibility index (Phi) is 5.71. The number of benzene rings is 2. The quantitative estimate of drug-likeness (QED) is 0.282. The predicted molar refractivity (Wildman–Crippen MR) is 104 cm³/mol. The van der Waals surface area contributed by atoms with Gasteiger partial charge in [-0.05, 0) is 23.8 Å².